The predicted octanol–water partition coefficient (Wildman–Crippen LogP) is 3.46. The summed E-state index contributed by atoms with van der Waals surface area (Å²) in [5.74, 6) is -0.822. The van der Waals surface area contributed by atoms with Gasteiger partial charge in [0, 0.05) is 17.7 Å². The van der Waals surface area contributed by atoms with Gasteiger partial charge in [0.15, 0.2) is 0 Å². The van der Waals surface area contributed by atoms with E-state index in [0.29, 0.717) is 12.1 Å². The molecule has 0 spiro atoms. The number of nitrogens with one attached hydrogen (secondary N) is 2. The molecule has 0 bridgehead atoms. The first kappa shape index (κ1) is 19.4. The first-order chi connectivity index (χ1) is 14.6. The third-order valence-corrected chi connectivity index (χ3v) is 4.98. The Morgan fingerprint density at radius 3 is 2.23 bits per heavy atom. The van der Waals surface area contributed by atoms with Gasteiger partial charge in [-0.3, -0.25) is 14.5 Å². The number of para-hydroxylation sites is 1. The molecule has 0 aromatic heterocycles. The number of nitrogens with zero attached hydrogens (tertiary/aromatic N) is 1. The van der Waals surface area contributed by atoms with Crippen LogP contribution in [0.25, 0.3) is 11.1 Å². The quantitative estimate of drug-likeness (QED) is 0.623. The third-order valence-electron chi connectivity index (χ3n) is 4.98. The Morgan fingerprint density at radius 1 is 0.867 bits per heavy atom. The van der Waals surface area contributed by atoms with Gasteiger partial charge in [-0.2, -0.15) is 0 Å². The van der Waals surface area contributed by atoms with Gasteiger partial charge in [0.25, 0.3) is 5.91 Å². The fourth-order valence-electron chi connectivity index (χ4n) is 3.51. The van der Waals surface area contributed by atoms with Crippen molar-refractivity contribution in [2.75, 3.05) is 11.9 Å². The molecule has 0 aliphatic carbocycles. The molecule has 1 fully saturated rings. The lowest BCUT2D eigenvalue weighted by molar-refractivity contribution is -0.130. The van der Waals surface area contributed by atoms with E-state index in [2.05, 4.69) is 10.6 Å². The molecule has 4 rings (SSSR count). The number of rotatable bonds is 6. The van der Waals surface area contributed by atoms with Crippen LogP contribution in [0.4, 0.5) is 10.5 Å². The van der Waals surface area contributed by atoms with E-state index >= 15 is 0 Å². The molecule has 1 aliphatic heterocycles. The SMILES string of the molecule is O=C(CN1C(=O)N[C@H](Cc2ccccc2)C1=O)Nc1ccccc1-c1ccccc1. The van der Waals surface area contributed by atoms with Crippen LogP contribution in [0.1, 0.15) is 5.56 Å². The molecule has 150 valence electrons. The van der Waals surface area contributed by atoms with Gasteiger partial charge in [-0.15, -0.1) is 0 Å². The Labute approximate surface area is 174 Å². The highest BCUT2D eigenvalue weighted by Crippen LogP contribution is 2.27. The van der Waals surface area contributed by atoms with Crippen molar-refractivity contribution in [3.8, 4) is 11.1 Å². The topological polar surface area (TPSA) is 78.5 Å². The lowest BCUT2D eigenvalue weighted by Gasteiger charge is -2.15. The van der Waals surface area contributed by atoms with E-state index in [-0.39, 0.29) is 6.54 Å². The minimum absolute atomic E-state index is 0.334. The highest BCUT2D eigenvalue weighted by Gasteiger charge is 2.38. The Morgan fingerprint density at radius 2 is 1.50 bits per heavy atom. The molecule has 3 aromatic rings. The number of benzene rings is 3. The van der Waals surface area contributed by atoms with E-state index in [1.54, 1.807) is 6.07 Å². The molecule has 4 amide bonds. The van der Waals surface area contributed by atoms with Gasteiger partial charge >= 0.3 is 6.03 Å². The van der Waals surface area contributed by atoms with Crippen molar-refractivity contribution in [3.63, 3.8) is 0 Å². The Bertz CT molecular complexity index is 1070. The zero-order chi connectivity index (χ0) is 20.9. The van der Waals surface area contributed by atoms with Crippen molar-refractivity contribution in [2.24, 2.45) is 0 Å². The lowest BCUT2D eigenvalue weighted by Crippen LogP contribution is -2.38. The van der Waals surface area contributed by atoms with E-state index in [4.69, 9.17) is 0 Å². The highest BCUT2D eigenvalue weighted by molar-refractivity contribution is 6.08. The standard InChI is InChI=1S/C24H21N3O3/c28-22(25-20-14-8-7-13-19(20)18-11-5-2-6-12-18)16-27-23(29)21(26-24(27)30)15-17-9-3-1-4-10-17/h1-14,21H,15-16H2,(H,25,28)(H,26,30)/t21-/m1/s1. The summed E-state index contributed by atoms with van der Waals surface area (Å²) in [6, 6.07) is 25.3. The van der Waals surface area contributed by atoms with Crippen LogP contribution in [0.3, 0.4) is 0 Å². The van der Waals surface area contributed by atoms with Gasteiger partial charge in [-0.1, -0.05) is 78.9 Å². The minimum Gasteiger partial charge on any atom is -0.325 e. The average Bonchev–Trinajstić information content (AvgIpc) is 3.03. The van der Waals surface area contributed by atoms with E-state index < -0.39 is 23.9 Å². The molecule has 1 heterocycles. The zero-order valence-corrected chi connectivity index (χ0v) is 16.2. The molecule has 1 atom stereocenters. The number of imide groups is 1. The number of carbonyl (C=O) groups is 3. The van der Waals surface area contributed by atoms with E-state index in [1.165, 1.54) is 0 Å². The van der Waals surface area contributed by atoms with Crippen molar-refractivity contribution in [3.05, 3.63) is 90.5 Å². The summed E-state index contributed by atoms with van der Waals surface area (Å²) in [7, 11) is 0. The van der Waals surface area contributed by atoms with Gasteiger partial charge < -0.3 is 10.6 Å². The maximum atomic E-state index is 12.7. The summed E-state index contributed by atoms with van der Waals surface area (Å²) < 4.78 is 0. The average molecular weight is 399 g/mol. The second-order valence-electron chi connectivity index (χ2n) is 7.08. The highest BCUT2D eigenvalue weighted by atomic mass is 16.2. The summed E-state index contributed by atoms with van der Waals surface area (Å²) in [5, 5.41) is 5.49. The summed E-state index contributed by atoms with van der Waals surface area (Å²) in [6.45, 7) is -0.334. The summed E-state index contributed by atoms with van der Waals surface area (Å²) in [5.41, 5.74) is 3.40. The zero-order valence-electron chi connectivity index (χ0n) is 16.2. The number of urea groups is 1. The van der Waals surface area contributed by atoms with Crippen LogP contribution >= 0.6 is 0 Å². The number of amides is 4. The third kappa shape index (κ3) is 4.22. The molecule has 3 aromatic carbocycles. The molecule has 30 heavy (non-hydrogen) atoms. The van der Waals surface area contributed by atoms with Crippen LogP contribution in [0, 0.1) is 0 Å². The molecule has 6 nitrogen and oxygen atoms in total. The van der Waals surface area contributed by atoms with Crippen LogP contribution in [0.15, 0.2) is 84.9 Å². The van der Waals surface area contributed by atoms with Crippen molar-refractivity contribution >= 4 is 23.5 Å². The van der Waals surface area contributed by atoms with Gasteiger partial charge in [0.05, 0.1) is 0 Å². The van der Waals surface area contributed by atoms with Gasteiger partial charge in [0.2, 0.25) is 5.91 Å². The first-order valence-electron chi connectivity index (χ1n) is 9.72. The monoisotopic (exact) mass is 399 g/mol. The fraction of sp³-hybridized carbons (Fsp3) is 0.125. The van der Waals surface area contributed by atoms with Crippen molar-refractivity contribution in [1.82, 2.24) is 10.2 Å². The smallest absolute Gasteiger partial charge is 0.325 e. The molecule has 1 saturated heterocycles. The first-order valence-corrected chi connectivity index (χ1v) is 9.72. The van der Waals surface area contributed by atoms with Crippen LogP contribution in [0.2, 0.25) is 0 Å². The Balaban J connectivity index is 1.44. The normalized spacial score (nSPS) is 15.7. The molecule has 1 aliphatic rings. The maximum absolute atomic E-state index is 12.7. The molecular weight excluding hydrogens is 378 g/mol. The van der Waals surface area contributed by atoms with Crippen molar-refractivity contribution < 1.29 is 14.4 Å². The van der Waals surface area contributed by atoms with E-state index in [9.17, 15) is 14.4 Å². The number of anilines is 1. The van der Waals surface area contributed by atoms with Crippen LogP contribution in [-0.2, 0) is 16.0 Å². The maximum Gasteiger partial charge on any atom is 0.325 e. The molecule has 0 unspecified atom stereocenters. The number of hydrogen-bond donors (Lipinski definition) is 2. The second-order valence-corrected chi connectivity index (χ2v) is 7.08. The molecule has 6 heteroatoms. The number of carbonyl (C=O) groups excluding carboxylic acids is 3. The Hall–Kier alpha value is -3.93. The predicted molar refractivity (Wildman–Crippen MR) is 115 cm³/mol. The van der Waals surface area contributed by atoms with Gasteiger partial charge in [0.1, 0.15) is 12.6 Å². The lowest BCUT2D eigenvalue weighted by atomic mass is 10.0. The van der Waals surface area contributed by atoms with E-state index in [1.807, 2.05) is 78.9 Å². The van der Waals surface area contributed by atoms with Gasteiger partial charge in [-0.25, -0.2) is 4.79 Å². The Kier molecular flexibility index (Phi) is 5.57. The second kappa shape index (κ2) is 8.61. The van der Waals surface area contributed by atoms with Crippen LogP contribution in [-0.4, -0.2) is 35.3 Å². The largest absolute Gasteiger partial charge is 0.325 e. The molecule has 2 N–H and O–H groups in total. The summed E-state index contributed by atoms with van der Waals surface area (Å²) in [4.78, 5) is 38.5. The summed E-state index contributed by atoms with van der Waals surface area (Å²) >= 11 is 0. The molecule has 0 saturated carbocycles. The minimum atomic E-state index is -0.663. The van der Waals surface area contributed by atoms with Crippen LogP contribution in [0.5, 0.6) is 0 Å². The van der Waals surface area contributed by atoms with Crippen LogP contribution < -0.4 is 10.6 Å². The molecular formula is C24H21N3O3. The van der Waals surface area contributed by atoms with Crippen molar-refractivity contribution in [1.29, 1.82) is 0 Å². The van der Waals surface area contributed by atoms with Crippen molar-refractivity contribution in [2.45, 2.75) is 12.5 Å². The molecule has 0 radical (unpaired) electrons. The van der Waals surface area contributed by atoms with Gasteiger partial charge in [-0.05, 0) is 17.2 Å². The summed E-state index contributed by atoms with van der Waals surface area (Å²) in [6.07, 6.45) is 0.389. The number of hydrogen-bond acceptors (Lipinski definition) is 3. The van der Waals surface area contributed by atoms with E-state index in [0.717, 1.165) is 21.6 Å². The fourth-order valence-corrected chi connectivity index (χ4v) is 3.51.